The average Bonchev–Trinajstić information content (AvgIpc) is 2.73. The fourth-order valence-corrected chi connectivity index (χ4v) is 1.56. The topological polar surface area (TPSA) is 92.5 Å². The molecule has 0 saturated heterocycles. The molecule has 4 N–H and O–H groups in total. The Hall–Kier alpha value is -1.50. The molecule has 7 heteroatoms. The summed E-state index contributed by atoms with van der Waals surface area (Å²) in [6, 6.07) is 0. The van der Waals surface area contributed by atoms with Crippen LogP contribution in [0.3, 0.4) is 0 Å². The van der Waals surface area contributed by atoms with Crippen LogP contribution in [-0.4, -0.2) is 37.5 Å². The molecule has 0 amide bonds. The van der Waals surface area contributed by atoms with Gasteiger partial charge in [-0.15, -0.1) is 0 Å². The fourth-order valence-electron chi connectivity index (χ4n) is 1.35. The van der Waals surface area contributed by atoms with Crippen LogP contribution in [0.15, 0.2) is 6.33 Å². The number of hydrogen-bond donors (Lipinski definition) is 3. The second-order valence-corrected chi connectivity index (χ2v) is 5.86. The molecule has 0 fully saturated rings. The number of aromatic nitrogens is 4. The van der Waals surface area contributed by atoms with E-state index in [1.165, 1.54) is 0 Å². The predicted octanol–water partition coefficient (Wildman–Crippen LogP) is 1.49. The van der Waals surface area contributed by atoms with Crippen molar-refractivity contribution in [1.82, 2.24) is 19.9 Å². The number of rotatable bonds is 4. The number of hydrogen-bond acceptors (Lipinski definition) is 6. The summed E-state index contributed by atoms with van der Waals surface area (Å²) in [6.07, 6.45) is 3.67. The van der Waals surface area contributed by atoms with Crippen molar-refractivity contribution in [2.75, 3.05) is 23.9 Å². The number of aromatic amines is 1. The standard InChI is InChI=1S/C10H16N6S/c1-10(2,17-3)4-12-7-6-8(14-5-13-6)16-9(11)15-7/h5H,4H2,1-3H3,(H4,11,12,13,14,15,16). The minimum atomic E-state index is 0.131. The smallest absolute Gasteiger partial charge is 0.224 e. The third kappa shape index (κ3) is 2.60. The van der Waals surface area contributed by atoms with Crippen LogP contribution in [0.5, 0.6) is 0 Å². The highest BCUT2D eigenvalue weighted by Gasteiger charge is 2.17. The molecule has 0 atom stereocenters. The van der Waals surface area contributed by atoms with Crippen molar-refractivity contribution in [2.45, 2.75) is 18.6 Å². The third-order valence-corrected chi connectivity index (χ3v) is 3.79. The largest absolute Gasteiger partial charge is 0.368 e. The molecule has 92 valence electrons. The first-order valence-corrected chi connectivity index (χ1v) is 6.50. The Morgan fingerprint density at radius 1 is 1.47 bits per heavy atom. The van der Waals surface area contributed by atoms with Crippen molar-refractivity contribution >= 4 is 34.7 Å². The van der Waals surface area contributed by atoms with E-state index in [1.54, 1.807) is 18.1 Å². The van der Waals surface area contributed by atoms with E-state index >= 15 is 0 Å². The molecule has 0 aliphatic carbocycles. The summed E-state index contributed by atoms with van der Waals surface area (Å²) in [6.45, 7) is 5.12. The van der Waals surface area contributed by atoms with Gasteiger partial charge in [0.2, 0.25) is 5.95 Å². The Morgan fingerprint density at radius 2 is 2.24 bits per heavy atom. The molecule has 0 aromatic carbocycles. The Bertz CT molecular complexity index is 520. The second kappa shape index (κ2) is 4.40. The van der Waals surface area contributed by atoms with E-state index < -0.39 is 0 Å². The first-order valence-electron chi connectivity index (χ1n) is 5.27. The van der Waals surface area contributed by atoms with E-state index in [1.807, 2.05) is 0 Å². The zero-order valence-corrected chi connectivity index (χ0v) is 10.9. The van der Waals surface area contributed by atoms with Gasteiger partial charge in [0, 0.05) is 11.3 Å². The third-order valence-electron chi connectivity index (χ3n) is 2.54. The molecule has 0 aliphatic heterocycles. The molecule has 0 saturated carbocycles. The van der Waals surface area contributed by atoms with Crippen LogP contribution in [0.4, 0.5) is 11.8 Å². The van der Waals surface area contributed by atoms with E-state index in [0.29, 0.717) is 11.5 Å². The second-order valence-electron chi connectivity index (χ2n) is 4.35. The quantitative estimate of drug-likeness (QED) is 0.763. The highest BCUT2D eigenvalue weighted by atomic mass is 32.2. The Labute approximate surface area is 104 Å². The molecule has 2 heterocycles. The van der Waals surface area contributed by atoms with Crippen molar-refractivity contribution in [3.8, 4) is 0 Å². The number of H-pyrrole nitrogens is 1. The van der Waals surface area contributed by atoms with Crippen LogP contribution >= 0.6 is 11.8 Å². The van der Waals surface area contributed by atoms with Gasteiger partial charge in [-0.2, -0.15) is 21.7 Å². The van der Waals surface area contributed by atoms with Crippen LogP contribution < -0.4 is 11.1 Å². The van der Waals surface area contributed by atoms with E-state index in [-0.39, 0.29) is 10.7 Å². The lowest BCUT2D eigenvalue weighted by atomic mass is 10.2. The van der Waals surface area contributed by atoms with Crippen LogP contribution in [0.2, 0.25) is 0 Å². The van der Waals surface area contributed by atoms with Crippen molar-refractivity contribution in [3.05, 3.63) is 6.33 Å². The minimum Gasteiger partial charge on any atom is -0.368 e. The fraction of sp³-hybridized carbons (Fsp3) is 0.500. The lowest BCUT2D eigenvalue weighted by Gasteiger charge is -2.22. The highest BCUT2D eigenvalue weighted by molar-refractivity contribution is 7.99. The van der Waals surface area contributed by atoms with Crippen molar-refractivity contribution in [3.63, 3.8) is 0 Å². The summed E-state index contributed by atoms with van der Waals surface area (Å²) < 4.78 is 0.131. The molecule has 2 aromatic heterocycles. The number of imidazole rings is 1. The van der Waals surface area contributed by atoms with Gasteiger partial charge in [-0.25, -0.2) is 4.98 Å². The van der Waals surface area contributed by atoms with E-state index in [2.05, 4.69) is 45.4 Å². The summed E-state index contributed by atoms with van der Waals surface area (Å²) in [5.41, 5.74) is 7.01. The first kappa shape index (κ1) is 12.0. The number of anilines is 2. The van der Waals surface area contributed by atoms with Crippen LogP contribution in [0.1, 0.15) is 13.8 Å². The summed E-state index contributed by atoms with van der Waals surface area (Å²) in [7, 11) is 0. The zero-order chi connectivity index (χ0) is 12.5. The van der Waals surface area contributed by atoms with Gasteiger partial charge < -0.3 is 16.0 Å². The van der Waals surface area contributed by atoms with Gasteiger partial charge in [0.1, 0.15) is 5.52 Å². The maximum absolute atomic E-state index is 5.63. The molecular formula is C10H16N6S. The summed E-state index contributed by atoms with van der Waals surface area (Å²) in [5.74, 6) is 0.932. The maximum atomic E-state index is 5.63. The Balaban J connectivity index is 2.26. The zero-order valence-electron chi connectivity index (χ0n) is 10.1. The Morgan fingerprint density at radius 3 is 2.94 bits per heavy atom. The van der Waals surface area contributed by atoms with Crippen molar-refractivity contribution in [1.29, 1.82) is 0 Å². The summed E-state index contributed by atoms with van der Waals surface area (Å²) >= 11 is 1.80. The van der Waals surface area contributed by atoms with E-state index in [0.717, 1.165) is 12.1 Å². The monoisotopic (exact) mass is 252 g/mol. The lowest BCUT2D eigenvalue weighted by molar-refractivity contribution is 0.750. The molecule has 0 radical (unpaired) electrons. The number of fused-ring (bicyclic) bond motifs is 1. The van der Waals surface area contributed by atoms with Gasteiger partial charge >= 0.3 is 0 Å². The van der Waals surface area contributed by atoms with Gasteiger partial charge in [-0.3, -0.25) is 0 Å². The molecule has 0 aliphatic rings. The molecule has 2 rings (SSSR count). The van der Waals surface area contributed by atoms with Crippen LogP contribution in [0, 0.1) is 0 Å². The molecule has 17 heavy (non-hydrogen) atoms. The SMILES string of the molecule is CSC(C)(C)CNc1nc(N)nc2nc[nH]c12. The van der Waals surface area contributed by atoms with Gasteiger partial charge in [0.25, 0.3) is 0 Å². The molecule has 2 aromatic rings. The normalized spacial score (nSPS) is 11.9. The number of nitrogens with one attached hydrogen (secondary N) is 2. The van der Waals surface area contributed by atoms with Crippen LogP contribution in [0.25, 0.3) is 11.2 Å². The lowest BCUT2D eigenvalue weighted by Crippen LogP contribution is -2.26. The van der Waals surface area contributed by atoms with Crippen molar-refractivity contribution in [2.24, 2.45) is 0 Å². The molecule has 0 bridgehead atoms. The Kier molecular flexibility index (Phi) is 3.10. The first-order chi connectivity index (χ1) is 8.02. The molecule has 0 spiro atoms. The summed E-state index contributed by atoms with van der Waals surface area (Å²) in [4.78, 5) is 15.3. The molecular weight excluding hydrogens is 236 g/mol. The number of nitrogens with two attached hydrogens (primary N) is 1. The molecule has 0 unspecified atom stereocenters. The van der Waals surface area contributed by atoms with Gasteiger partial charge in [0.15, 0.2) is 11.5 Å². The number of thioether (sulfide) groups is 1. The van der Waals surface area contributed by atoms with Crippen molar-refractivity contribution < 1.29 is 0 Å². The average molecular weight is 252 g/mol. The number of nitrogen functional groups attached to an aromatic ring is 1. The van der Waals surface area contributed by atoms with Crippen LogP contribution in [-0.2, 0) is 0 Å². The molecule has 6 nitrogen and oxygen atoms in total. The highest BCUT2D eigenvalue weighted by Crippen LogP contribution is 2.23. The van der Waals surface area contributed by atoms with Gasteiger partial charge in [-0.1, -0.05) is 0 Å². The van der Waals surface area contributed by atoms with Gasteiger partial charge in [0.05, 0.1) is 6.33 Å². The van der Waals surface area contributed by atoms with E-state index in [9.17, 15) is 0 Å². The summed E-state index contributed by atoms with van der Waals surface area (Å²) in [5, 5.41) is 3.28. The maximum Gasteiger partial charge on any atom is 0.224 e. The predicted molar refractivity (Wildman–Crippen MR) is 72.2 cm³/mol. The van der Waals surface area contributed by atoms with E-state index in [4.69, 9.17) is 5.73 Å². The van der Waals surface area contributed by atoms with Gasteiger partial charge in [-0.05, 0) is 20.1 Å². The minimum absolute atomic E-state index is 0.131. The number of nitrogens with zero attached hydrogens (tertiary/aromatic N) is 3.